The predicted octanol–water partition coefficient (Wildman–Crippen LogP) is -0.723. The molecule has 3 atom stereocenters. The molecule has 2 N–H and O–H groups in total. The third-order valence-electron chi connectivity index (χ3n) is 3.05. The van der Waals surface area contributed by atoms with Gasteiger partial charge in [-0.3, -0.25) is 23.8 Å². The summed E-state index contributed by atoms with van der Waals surface area (Å²) in [5.41, 5.74) is 0. The van der Waals surface area contributed by atoms with Gasteiger partial charge in [-0.1, -0.05) is 6.92 Å². The molecular weight excluding hydrogens is 278 g/mol. The lowest BCUT2D eigenvalue weighted by atomic mass is 9.98. The van der Waals surface area contributed by atoms with Crippen molar-refractivity contribution in [2.75, 3.05) is 0 Å². The lowest BCUT2D eigenvalue weighted by Gasteiger charge is -2.30. The molecule has 0 aromatic heterocycles. The number of hydrogen-bond acceptors (Lipinski definition) is 5. The van der Waals surface area contributed by atoms with Crippen molar-refractivity contribution in [3.8, 4) is 0 Å². The largest absolute Gasteiger partial charge is 0.480 e. The second-order valence-electron chi connectivity index (χ2n) is 4.25. The number of carbonyl (C=O) groups excluding carboxylic acids is 2. The van der Waals surface area contributed by atoms with E-state index in [1.807, 2.05) is 0 Å². The van der Waals surface area contributed by atoms with Gasteiger partial charge in [-0.05, 0) is 6.92 Å². The molecule has 8 nitrogen and oxygen atoms in total. The SMILES string of the molecule is CC(C(C)N1C(=O)C=CC1=O)C(C(=O)O)S(=O)(=O)O. The van der Waals surface area contributed by atoms with Crippen LogP contribution < -0.4 is 0 Å². The Morgan fingerprint density at radius 3 is 1.95 bits per heavy atom. The van der Waals surface area contributed by atoms with Crippen LogP contribution in [0, 0.1) is 5.92 Å². The molecule has 1 aliphatic heterocycles. The van der Waals surface area contributed by atoms with E-state index in [0.29, 0.717) is 0 Å². The summed E-state index contributed by atoms with van der Waals surface area (Å²) in [6.07, 6.45) is 2.02. The highest BCUT2D eigenvalue weighted by Gasteiger charge is 2.43. The third-order valence-corrected chi connectivity index (χ3v) is 4.33. The molecule has 1 rings (SSSR count). The van der Waals surface area contributed by atoms with E-state index in [4.69, 9.17) is 9.66 Å². The van der Waals surface area contributed by atoms with E-state index in [9.17, 15) is 22.8 Å². The summed E-state index contributed by atoms with van der Waals surface area (Å²) in [6, 6.07) is -0.988. The van der Waals surface area contributed by atoms with E-state index in [-0.39, 0.29) is 0 Å². The molecule has 106 valence electrons. The van der Waals surface area contributed by atoms with Gasteiger partial charge in [-0.2, -0.15) is 8.42 Å². The second kappa shape index (κ2) is 5.10. The van der Waals surface area contributed by atoms with Crippen molar-refractivity contribution in [2.24, 2.45) is 5.92 Å². The molecule has 3 unspecified atom stereocenters. The van der Waals surface area contributed by atoms with Crippen LogP contribution in [0.3, 0.4) is 0 Å². The summed E-state index contributed by atoms with van der Waals surface area (Å²) in [6.45, 7) is 2.57. The van der Waals surface area contributed by atoms with Gasteiger partial charge in [0, 0.05) is 24.1 Å². The highest BCUT2D eigenvalue weighted by atomic mass is 32.2. The van der Waals surface area contributed by atoms with Gasteiger partial charge in [-0.15, -0.1) is 0 Å². The third kappa shape index (κ3) is 2.99. The standard InChI is InChI=1S/C10H13NO7S/c1-5(9(10(14)15)19(16,17)18)6(2)11-7(12)3-4-8(11)13/h3-6,9H,1-2H3,(H,14,15)(H,16,17,18). The van der Waals surface area contributed by atoms with Gasteiger partial charge in [0.2, 0.25) is 0 Å². The average Bonchev–Trinajstić information content (AvgIpc) is 2.54. The number of amides is 2. The first-order valence-electron chi connectivity index (χ1n) is 5.31. The fourth-order valence-electron chi connectivity index (χ4n) is 1.92. The van der Waals surface area contributed by atoms with Crippen LogP contribution in [0.2, 0.25) is 0 Å². The first kappa shape index (κ1) is 15.3. The molecule has 0 aliphatic carbocycles. The fourth-order valence-corrected chi connectivity index (χ4v) is 2.95. The van der Waals surface area contributed by atoms with Crippen LogP contribution in [-0.2, 0) is 24.5 Å². The molecule has 0 fully saturated rings. The van der Waals surface area contributed by atoms with Gasteiger partial charge >= 0.3 is 5.97 Å². The van der Waals surface area contributed by atoms with Crippen LogP contribution >= 0.6 is 0 Å². The highest BCUT2D eigenvalue weighted by Crippen LogP contribution is 2.22. The van der Waals surface area contributed by atoms with Crippen molar-refractivity contribution in [3.63, 3.8) is 0 Å². The number of carboxylic acids is 1. The molecule has 0 radical (unpaired) electrons. The second-order valence-corrected chi connectivity index (χ2v) is 5.79. The minimum atomic E-state index is -4.84. The van der Waals surface area contributed by atoms with Crippen molar-refractivity contribution < 1.29 is 32.5 Å². The van der Waals surface area contributed by atoms with Crippen LogP contribution in [0.15, 0.2) is 12.2 Å². The summed E-state index contributed by atoms with van der Waals surface area (Å²) < 4.78 is 31.1. The van der Waals surface area contributed by atoms with Gasteiger partial charge in [0.25, 0.3) is 21.9 Å². The van der Waals surface area contributed by atoms with E-state index < -0.39 is 45.1 Å². The number of imide groups is 1. The summed E-state index contributed by atoms with van der Waals surface area (Å²) >= 11 is 0. The van der Waals surface area contributed by atoms with Crippen molar-refractivity contribution >= 4 is 27.9 Å². The Kier molecular flexibility index (Phi) is 4.11. The van der Waals surface area contributed by atoms with Gasteiger partial charge in [0.1, 0.15) is 0 Å². The van der Waals surface area contributed by atoms with Crippen LogP contribution in [0.4, 0.5) is 0 Å². The Morgan fingerprint density at radius 1 is 1.21 bits per heavy atom. The summed E-state index contributed by atoms with van der Waals surface area (Å²) in [7, 11) is -4.84. The van der Waals surface area contributed by atoms with Crippen molar-refractivity contribution in [1.82, 2.24) is 4.90 Å². The Balaban J connectivity index is 3.05. The van der Waals surface area contributed by atoms with E-state index in [0.717, 1.165) is 17.1 Å². The van der Waals surface area contributed by atoms with E-state index in [1.54, 1.807) is 0 Å². The molecule has 0 bridgehead atoms. The molecule has 0 saturated heterocycles. The minimum absolute atomic E-state index is 0.649. The quantitative estimate of drug-likeness (QED) is 0.505. The van der Waals surface area contributed by atoms with Gasteiger partial charge in [0.05, 0.1) is 0 Å². The maximum absolute atomic E-state index is 11.4. The normalized spacial score (nSPS) is 20.5. The van der Waals surface area contributed by atoms with Crippen LogP contribution in [0.25, 0.3) is 0 Å². The van der Waals surface area contributed by atoms with Gasteiger partial charge in [-0.25, -0.2) is 0 Å². The zero-order valence-electron chi connectivity index (χ0n) is 10.2. The topological polar surface area (TPSA) is 129 Å². The molecular formula is C10H13NO7S. The molecule has 0 aromatic carbocycles. The van der Waals surface area contributed by atoms with Crippen LogP contribution in [0.1, 0.15) is 13.8 Å². The molecule has 0 aromatic rings. The Morgan fingerprint density at radius 2 is 1.63 bits per heavy atom. The zero-order chi connectivity index (χ0) is 15.0. The number of carboxylic acid groups (broad SMARTS) is 1. The zero-order valence-corrected chi connectivity index (χ0v) is 11.0. The van der Waals surface area contributed by atoms with E-state index >= 15 is 0 Å². The monoisotopic (exact) mass is 291 g/mol. The summed E-state index contributed by atoms with van der Waals surface area (Å²) in [5.74, 6) is -4.21. The molecule has 19 heavy (non-hydrogen) atoms. The van der Waals surface area contributed by atoms with Crippen LogP contribution in [0.5, 0.6) is 0 Å². The molecule has 1 aliphatic rings. The lowest BCUT2D eigenvalue weighted by molar-refractivity contribution is -0.143. The molecule has 1 heterocycles. The molecule has 0 saturated carbocycles. The lowest BCUT2D eigenvalue weighted by Crippen LogP contribution is -2.49. The Labute approximate surface area is 109 Å². The van der Waals surface area contributed by atoms with Gasteiger partial charge < -0.3 is 5.11 Å². The Hall–Kier alpha value is -1.74. The first-order valence-corrected chi connectivity index (χ1v) is 6.82. The average molecular weight is 291 g/mol. The minimum Gasteiger partial charge on any atom is -0.480 e. The van der Waals surface area contributed by atoms with E-state index in [1.165, 1.54) is 13.8 Å². The first-order chi connectivity index (χ1) is 8.57. The summed E-state index contributed by atoms with van der Waals surface area (Å²) in [4.78, 5) is 34.5. The maximum Gasteiger partial charge on any atom is 0.324 e. The van der Waals surface area contributed by atoms with E-state index in [2.05, 4.69) is 0 Å². The molecule has 0 spiro atoms. The highest BCUT2D eigenvalue weighted by molar-refractivity contribution is 7.87. The Bertz CT molecular complexity index is 532. The van der Waals surface area contributed by atoms with Gasteiger partial charge in [0.15, 0.2) is 5.25 Å². The number of carbonyl (C=O) groups is 3. The van der Waals surface area contributed by atoms with Crippen molar-refractivity contribution in [3.05, 3.63) is 12.2 Å². The maximum atomic E-state index is 11.4. The smallest absolute Gasteiger partial charge is 0.324 e. The number of aliphatic carboxylic acids is 1. The van der Waals surface area contributed by atoms with Crippen molar-refractivity contribution in [1.29, 1.82) is 0 Å². The van der Waals surface area contributed by atoms with Crippen LogP contribution in [-0.4, -0.2) is 52.1 Å². The number of hydrogen-bond donors (Lipinski definition) is 2. The molecule has 9 heteroatoms. The summed E-state index contributed by atoms with van der Waals surface area (Å²) in [5, 5.41) is 6.75. The number of rotatable bonds is 5. The predicted molar refractivity (Wildman–Crippen MR) is 62.6 cm³/mol. The fraction of sp³-hybridized carbons (Fsp3) is 0.500. The molecule has 2 amide bonds. The number of nitrogens with zero attached hydrogens (tertiary/aromatic N) is 1. The van der Waals surface area contributed by atoms with Crippen molar-refractivity contribution in [2.45, 2.75) is 25.1 Å².